The van der Waals surface area contributed by atoms with Gasteiger partial charge in [0, 0.05) is 6.07 Å². The van der Waals surface area contributed by atoms with Crippen LogP contribution in [0.2, 0.25) is 0 Å². The molecule has 0 amide bonds. The molecule has 2 aromatic heterocycles. The third kappa shape index (κ3) is 1.98. The van der Waals surface area contributed by atoms with Crippen molar-refractivity contribution in [3.05, 3.63) is 46.6 Å². The molecule has 0 aromatic carbocycles. The Kier molecular flexibility index (Phi) is 2.76. The Morgan fingerprint density at radius 1 is 1.44 bits per heavy atom. The van der Waals surface area contributed by atoms with E-state index >= 15 is 0 Å². The summed E-state index contributed by atoms with van der Waals surface area (Å²) in [4.78, 5) is 0. The number of aryl methyl sites for hydroxylation is 2. The highest BCUT2D eigenvalue weighted by atomic mass is 16.5. The minimum absolute atomic E-state index is 0.266. The van der Waals surface area contributed by atoms with Crippen LogP contribution in [0.25, 0.3) is 0 Å². The van der Waals surface area contributed by atoms with Crippen molar-refractivity contribution in [3.8, 4) is 5.88 Å². The molecule has 0 N–H and O–H groups in total. The van der Waals surface area contributed by atoms with Crippen molar-refractivity contribution in [1.29, 1.82) is 0 Å². The van der Waals surface area contributed by atoms with E-state index in [1.54, 1.807) is 18.2 Å². The minimum atomic E-state index is 0.266. The topological polar surface area (TPSA) is 62.2 Å². The molecule has 5 nitrogen and oxygen atoms in total. The molecule has 2 heterocycles. The molecule has 0 aliphatic carbocycles. The average Bonchev–Trinajstić information content (AvgIpc) is 2.58. The van der Waals surface area contributed by atoms with E-state index < -0.39 is 0 Å². The molecule has 84 valence electrons. The van der Waals surface area contributed by atoms with Crippen LogP contribution in [0.15, 0.2) is 28.9 Å². The van der Waals surface area contributed by atoms with E-state index in [1.165, 1.54) is 6.20 Å². The first-order valence-corrected chi connectivity index (χ1v) is 4.91. The van der Waals surface area contributed by atoms with E-state index in [9.17, 15) is 5.21 Å². The van der Waals surface area contributed by atoms with Crippen LogP contribution in [0.3, 0.4) is 0 Å². The summed E-state index contributed by atoms with van der Waals surface area (Å²) < 4.78 is 11.1. The first kappa shape index (κ1) is 10.5. The van der Waals surface area contributed by atoms with Gasteiger partial charge in [0.2, 0.25) is 0 Å². The van der Waals surface area contributed by atoms with Gasteiger partial charge in [-0.1, -0.05) is 5.16 Å². The lowest BCUT2D eigenvalue weighted by Crippen LogP contribution is -2.27. The monoisotopic (exact) mass is 220 g/mol. The molecule has 0 radical (unpaired) electrons. The van der Waals surface area contributed by atoms with Crippen LogP contribution < -0.4 is 9.47 Å². The molecule has 5 heteroatoms. The molecule has 0 atom stereocenters. The highest BCUT2D eigenvalue weighted by molar-refractivity contribution is 5.20. The zero-order valence-corrected chi connectivity index (χ0v) is 9.14. The average molecular weight is 220 g/mol. The van der Waals surface area contributed by atoms with Crippen LogP contribution in [-0.2, 0) is 6.61 Å². The Balaban J connectivity index is 2.11. The number of hydrogen-bond acceptors (Lipinski definition) is 4. The second kappa shape index (κ2) is 4.22. The molecule has 2 rings (SSSR count). The van der Waals surface area contributed by atoms with E-state index in [2.05, 4.69) is 5.16 Å². The highest BCUT2D eigenvalue weighted by Gasteiger charge is 2.12. The maximum absolute atomic E-state index is 11.3. The predicted molar refractivity (Wildman–Crippen MR) is 55.7 cm³/mol. The number of rotatable bonds is 3. The lowest BCUT2D eigenvalue weighted by atomic mass is 10.2. The summed E-state index contributed by atoms with van der Waals surface area (Å²) in [6.07, 6.45) is 1.39. The Hall–Kier alpha value is -2.04. The lowest BCUT2D eigenvalue weighted by molar-refractivity contribution is -0.613. The van der Waals surface area contributed by atoms with Gasteiger partial charge in [0.1, 0.15) is 12.4 Å². The standard InChI is InChI=1S/C11H12N2O3/c1-8-10(9(2)16-12-8)7-15-11-5-3-4-6-13(11)14/h3-6H,7H2,1-2H3. The van der Waals surface area contributed by atoms with E-state index in [4.69, 9.17) is 9.26 Å². The van der Waals surface area contributed by atoms with Crippen molar-refractivity contribution < 1.29 is 14.0 Å². The molecule has 2 aromatic rings. The van der Waals surface area contributed by atoms with E-state index in [-0.39, 0.29) is 12.5 Å². The van der Waals surface area contributed by atoms with Gasteiger partial charge in [-0.15, -0.1) is 4.73 Å². The molecule has 16 heavy (non-hydrogen) atoms. The zero-order chi connectivity index (χ0) is 11.5. The van der Waals surface area contributed by atoms with Gasteiger partial charge in [0.15, 0.2) is 6.20 Å². The van der Waals surface area contributed by atoms with Crippen LogP contribution >= 0.6 is 0 Å². The lowest BCUT2D eigenvalue weighted by Gasteiger charge is -2.05. The van der Waals surface area contributed by atoms with Crippen LogP contribution in [0.5, 0.6) is 5.88 Å². The third-order valence-corrected chi connectivity index (χ3v) is 2.33. The molecule has 0 bridgehead atoms. The summed E-state index contributed by atoms with van der Waals surface area (Å²) in [6, 6.07) is 5.01. The smallest absolute Gasteiger partial charge is 0.379 e. The number of nitrogens with zero attached hydrogens (tertiary/aromatic N) is 2. The first-order chi connectivity index (χ1) is 7.68. The zero-order valence-electron chi connectivity index (χ0n) is 9.14. The van der Waals surface area contributed by atoms with Crippen LogP contribution in [0, 0.1) is 19.1 Å². The largest absolute Gasteiger partial charge is 0.616 e. The Labute approximate surface area is 92.8 Å². The Bertz CT molecular complexity index is 474. The number of pyridine rings is 1. The highest BCUT2D eigenvalue weighted by Crippen LogP contribution is 2.14. The van der Waals surface area contributed by atoms with E-state index in [0.29, 0.717) is 10.5 Å². The Morgan fingerprint density at radius 3 is 2.88 bits per heavy atom. The second-order valence-corrected chi connectivity index (χ2v) is 3.46. The summed E-state index contributed by atoms with van der Waals surface area (Å²) in [7, 11) is 0. The van der Waals surface area contributed by atoms with E-state index in [0.717, 1.165) is 11.3 Å². The second-order valence-electron chi connectivity index (χ2n) is 3.46. The molecule has 0 spiro atoms. The molecule has 0 fully saturated rings. The fourth-order valence-electron chi connectivity index (χ4n) is 1.38. The van der Waals surface area contributed by atoms with Gasteiger partial charge in [-0.2, -0.15) is 0 Å². The summed E-state index contributed by atoms with van der Waals surface area (Å²) in [5, 5.41) is 15.1. The molecule has 0 unspecified atom stereocenters. The fraction of sp³-hybridized carbons (Fsp3) is 0.273. The van der Waals surface area contributed by atoms with Crippen LogP contribution in [-0.4, -0.2) is 5.16 Å². The maximum Gasteiger partial charge on any atom is 0.379 e. The van der Waals surface area contributed by atoms with E-state index in [1.807, 2.05) is 13.8 Å². The van der Waals surface area contributed by atoms with Crippen LogP contribution in [0.1, 0.15) is 17.0 Å². The van der Waals surface area contributed by atoms with Gasteiger partial charge in [0.25, 0.3) is 0 Å². The summed E-state index contributed by atoms with van der Waals surface area (Å²) in [5.41, 5.74) is 1.66. The van der Waals surface area contributed by atoms with Crippen molar-refractivity contribution in [2.45, 2.75) is 20.5 Å². The molecular formula is C11H12N2O3. The quantitative estimate of drug-likeness (QED) is 0.581. The van der Waals surface area contributed by atoms with Gasteiger partial charge in [-0.3, -0.25) is 0 Å². The molecule has 0 aliphatic heterocycles. The van der Waals surface area contributed by atoms with Crippen molar-refractivity contribution in [2.75, 3.05) is 0 Å². The first-order valence-electron chi connectivity index (χ1n) is 4.91. The summed E-state index contributed by atoms with van der Waals surface area (Å²) >= 11 is 0. The molecule has 0 aliphatic rings. The van der Waals surface area contributed by atoms with Crippen molar-refractivity contribution in [3.63, 3.8) is 0 Å². The van der Waals surface area contributed by atoms with Crippen molar-refractivity contribution in [2.24, 2.45) is 0 Å². The Morgan fingerprint density at radius 2 is 2.25 bits per heavy atom. The molecule has 0 saturated heterocycles. The molecular weight excluding hydrogens is 208 g/mol. The van der Waals surface area contributed by atoms with Crippen molar-refractivity contribution in [1.82, 2.24) is 5.16 Å². The van der Waals surface area contributed by atoms with Gasteiger partial charge < -0.3 is 14.5 Å². The van der Waals surface area contributed by atoms with Gasteiger partial charge >= 0.3 is 5.88 Å². The summed E-state index contributed by atoms with van der Waals surface area (Å²) in [5.74, 6) is 0.980. The number of ether oxygens (including phenoxy) is 1. The fourth-order valence-corrected chi connectivity index (χ4v) is 1.38. The van der Waals surface area contributed by atoms with Crippen LogP contribution in [0.4, 0.5) is 0 Å². The van der Waals surface area contributed by atoms with Gasteiger partial charge in [0.05, 0.1) is 17.3 Å². The number of hydrogen-bond donors (Lipinski definition) is 0. The number of aromatic nitrogens is 2. The minimum Gasteiger partial charge on any atom is -0.616 e. The van der Waals surface area contributed by atoms with Gasteiger partial charge in [-0.05, 0) is 19.9 Å². The van der Waals surface area contributed by atoms with Crippen molar-refractivity contribution >= 4 is 0 Å². The summed E-state index contributed by atoms with van der Waals surface area (Å²) in [6.45, 7) is 3.94. The SMILES string of the molecule is Cc1noc(C)c1COc1cccc[n+]1[O-]. The predicted octanol–water partition coefficient (Wildman–Crippen LogP) is 1.50. The molecule has 0 saturated carbocycles. The normalized spacial score (nSPS) is 10.4. The third-order valence-electron chi connectivity index (χ3n) is 2.33. The van der Waals surface area contributed by atoms with Gasteiger partial charge in [-0.25, -0.2) is 0 Å². The maximum atomic E-state index is 11.3.